The number of aliphatic hydroxyl groups is 1. The highest BCUT2D eigenvalue weighted by atomic mass is 35.6. The Morgan fingerprint density at radius 2 is 1.90 bits per heavy atom. The van der Waals surface area contributed by atoms with E-state index in [4.69, 9.17) is 39.9 Å². The smallest absolute Gasteiger partial charge is 0.216 e. The van der Waals surface area contributed by atoms with Gasteiger partial charge in [-0.2, -0.15) is 0 Å². The van der Waals surface area contributed by atoms with Gasteiger partial charge in [-0.05, 0) is 6.42 Å². The minimum Gasteiger partial charge on any atom is -0.389 e. The molecule has 0 rings (SSSR count). The third kappa shape index (κ3) is 4.62. The maximum absolute atomic E-state index is 9.12. The minimum absolute atomic E-state index is 0.549. The fourth-order valence-electron chi connectivity index (χ4n) is 0.561. The highest BCUT2D eigenvalue weighted by molar-refractivity contribution is 6.68. The number of alkyl halides is 3. The molecule has 1 nitrogen and oxygen atoms in total. The van der Waals surface area contributed by atoms with Gasteiger partial charge in [-0.1, -0.05) is 54.6 Å². The van der Waals surface area contributed by atoms with E-state index in [9.17, 15) is 0 Å². The first-order chi connectivity index (χ1) is 4.48. The summed E-state index contributed by atoms with van der Waals surface area (Å²) < 4.78 is -1.52. The lowest BCUT2D eigenvalue weighted by Crippen LogP contribution is -2.24. The molecule has 10 heavy (non-hydrogen) atoms. The monoisotopic (exact) mass is 204 g/mol. The molecule has 0 saturated carbocycles. The van der Waals surface area contributed by atoms with Crippen LogP contribution in [0.2, 0.25) is 0 Å². The van der Waals surface area contributed by atoms with Gasteiger partial charge in [-0.25, -0.2) is 0 Å². The molecular formula is C6H11Cl3O. The van der Waals surface area contributed by atoms with Gasteiger partial charge in [0.2, 0.25) is 3.79 Å². The second-order valence-electron chi connectivity index (χ2n) is 2.20. The molecule has 0 amide bonds. The lowest BCUT2D eigenvalue weighted by Gasteiger charge is -2.17. The highest BCUT2D eigenvalue weighted by Gasteiger charge is 2.29. The Morgan fingerprint density at radius 3 is 2.20 bits per heavy atom. The molecule has 0 aromatic heterocycles. The number of rotatable bonds is 3. The molecule has 62 valence electrons. The number of hydrogen-bond donors (Lipinski definition) is 1. The Bertz CT molecular complexity index is 89.5. The minimum atomic E-state index is -1.52. The molecular weight excluding hydrogens is 194 g/mol. The van der Waals surface area contributed by atoms with Crippen molar-refractivity contribution in [2.24, 2.45) is 0 Å². The van der Waals surface area contributed by atoms with E-state index in [-0.39, 0.29) is 0 Å². The summed E-state index contributed by atoms with van der Waals surface area (Å²) in [7, 11) is 0. The van der Waals surface area contributed by atoms with Crippen molar-refractivity contribution in [3.8, 4) is 0 Å². The topological polar surface area (TPSA) is 20.2 Å². The highest BCUT2D eigenvalue weighted by Crippen LogP contribution is 2.32. The molecule has 1 unspecified atom stereocenters. The summed E-state index contributed by atoms with van der Waals surface area (Å²) in [4.78, 5) is 0. The largest absolute Gasteiger partial charge is 0.389 e. The van der Waals surface area contributed by atoms with Crippen molar-refractivity contribution in [2.45, 2.75) is 36.1 Å². The van der Waals surface area contributed by atoms with Crippen LogP contribution in [0.15, 0.2) is 0 Å². The van der Waals surface area contributed by atoms with Crippen molar-refractivity contribution in [3.05, 3.63) is 0 Å². The lowest BCUT2D eigenvalue weighted by atomic mass is 10.2. The van der Waals surface area contributed by atoms with E-state index >= 15 is 0 Å². The van der Waals surface area contributed by atoms with Crippen molar-refractivity contribution in [2.75, 3.05) is 0 Å². The molecule has 0 spiro atoms. The first-order valence-corrected chi connectivity index (χ1v) is 4.36. The van der Waals surface area contributed by atoms with E-state index in [1.165, 1.54) is 0 Å². The Morgan fingerprint density at radius 1 is 1.40 bits per heavy atom. The number of hydrogen-bond acceptors (Lipinski definition) is 1. The molecule has 0 fully saturated rings. The molecule has 0 saturated heterocycles. The van der Waals surface area contributed by atoms with Crippen LogP contribution in [-0.4, -0.2) is 15.0 Å². The molecule has 0 aromatic rings. The van der Waals surface area contributed by atoms with Crippen molar-refractivity contribution >= 4 is 34.8 Å². The van der Waals surface area contributed by atoms with Gasteiger partial charge in [-0.3, -0.25) is 0 Å². The fourth-order valence-corrected chi connectivity index (χ4v) is 0.888. The Balaban J connectivity index is 3.52. The van der Waals surface area contributed by atoms with Crippen LogP contribution in [0.3, 0.4) is 0 Å². The summed E-state index contributed by atoms with van der Waals surface area (Å²) in [6, 6.07) is 0. The van der Waals surface area contributed by atoms with Gasteiger partial charge in [0, 0.05) is 0 Å². The standard InChI is InChI=1S/C6H11Cl3O/c1-2-3-4-5(10)6(7,8)9/h5,10H,2-4H2,1H3. The number of halogens is 3. The average molecular weight is 206 g/mol. The summed E-state index contributed by atoms with van der Waals surface area (Å²) in [5, 5.41) is 9.12. The second-order valence-corrected chi connectivity index (χ2v) is 4.57. The zero-order valence-corrected chi connectivity index (χ0v) is 8.05. The molecule has 0 heterocycles. The van der Waals surface area contributed by atoms with E-state index < -0.39 is 9.90 Å². The SMILES string of the molecule is CCCCC(O)C(Cl)(Cl)Cl. The quantitative estimate of drug-likeness (QED) is 0.703. The lowest BCUT2D eigenvalue weighted by molar-refractivity contribution is 0.165. The molecule has 0 aliphatic carbocycles. The Labute approximate surface area is 76.3 Å². The van der Waals surface area contributed by atoms with Gasteiger partial charge in [-0.15, -0.1) is 0 Å². The number of unbranched alkanes of at least 4 members (excludes halogenated alkanes) is 1. The molecule has 0 aliphatic rings. The van der Waals surface area contributed by atoms with E-state index in [1.54, 1.807) is 0 Å². The van der Waals surface area contributed by atoms with Crippen molar-refractivity contribution < 1.29 is 5.11 Å². The van der Waals surface area contributed by atoms with E-state index in [0.29, 0.717) is 6.42 Å². The van der Waals surface area contributed by atoms with Crippen LogP contribution in [0.1, 0.15) is 26.2 Å². The second kappa shape index (κ2) is 4.66. The van der Waals surface area contributed by atoms with Crippen molar-refractivity contribution in [1.82, 2.24) is 0 Å². The third-order valence-corrected chi connectivity index (χ3v) is 1.96. The van der Waals surface area contributed by atoms with E-state index in [1.807, 2.05) is 6.92 Å². The predicted octanol–water partition coefficient (Wildman–Crippen LogP) is 2.91. The third-order valence-electron chi connectivity index (χ3n) is 1.21. The van der Waals surface area contributed by atoms with Gasteiger partial charge in [0.05, 0.1) is 0 Å². The first kappa shape index (κ1) is 10.8. The molecule has 0 bridgehead atoms. The normalized spacial score (nSPS) is 15.3. The summed E-state index contributed by atoms with van der Waals surface area (Å²) in [6.45, 7) is 2.02. The van der Waals surface area contributed by atoms with Gasteiger partial charge < -0.3 is 5.11 Å². The van der Waals surface area contributed by atoms with Crippen LogP contribution in [0, 0.1) is 0 Å². The predicted molar refractivity (Wildman–Crippen MR) is 45.8 cm³/mol. The molecule has 0 radical (unpaired) electrons. The summed E-state index contributed by atoms with van der Waals surface area (Å²) >= 11 is 16.2. The zero-order valence-electron chi connectivity index (χ0n) is 5.78. The van der Waals surface area contributed by atoms with Crippen LogP contribution < -0.4 is 0 Å². The van der Waals surface area contributed by atoms with E-state index in [0.717, 1.165) is 12.8 Å². The fraction of sp³-hybridized carbons (Fsp3) is 1.00. The number of aliphatic hydroxyl groups excluding tert-OH is 1. The van der Waals surface area contributed by atoms with E-state index in [2.05, 4.69) is 0 Å². The van der Waals surface area contributed by atoms with Crippen molar-refractivity contribution in [1.29, 1.82) is 0 Å². The van der Waals surface area contributed by atoms with Crippen LogP contribution >= 0.6 is 34.8 Å². The van der Waals surface area contributed by atoms with Crippen LogP contribution in [0.4, 0.5) is 0 Å². The average Bonchev–Trinajstić information content (AvgIpc) is 1.80. The van der Waals surface area contributed by atoms with Gasteiger partial charge in [0.1, 0.15) is 6.10 Å². The molecule has 0 aromatic carbocycles. The molecule has 4 heteroatoms. The van der Waals surface area contributed by atoms with Crippen LogP contribution in [-0.2, 0) is 0 Å². The Kier molecular flexibility index (Phi) is 5.04. The van der Waals surface area contributed by atoms with Gasteiger partial charge in [0.15, 0.2) is 0 Å². The summed E-state index contributed by atoms with van der Waals surface area (Å²) in [6.07, 6.45) is 1.59. The van der Waals surface area contributed by atoms with Crippen LogP contribution in [0.5, 0.6) is 0 Å². The summed E-state index contributed by atoms with van der Waals surface area (Å²) in [5.74, 6) is 0. The van der Waals surface area contributed by atoms with Gasteiger partial charge >= 0.3 is 0 Å². The van der Waals surface area contributed by atoms with Gasteiger partial charge in [0.25, 0.3) is 0 Å². The molecule has 0 aliphatic heterocycles. The van der Waals surface area contributed by atoms with Crippen molar-refractivity contribution in [3.63, 3.8) is 0 Å². The van der Waals surface area contributed by atoms with Crippen LogP contribution in [0.25, 0.3) is 0 Å². The molecule has 1 atom stereocenters. The zero-order chi connectivity index (χ0) is 8.20. The first-order valence-electron chi connectivity index (χ1n) is 3.23. The Hall–Kier alpha value is 0.830. The maximum atomic E-state index is 9.12. The maximum Gasteiger partial charge on any atom is 0.216 e. The summed E-state index contributed by atoms with van der Waals surface area (Å²) in [5.41, 5.74) is 0. The molecule has 1 N–H and O–H groups in total.